The summed E-state index contributed by atoms with van der Waals surface area (Å²) in [6.45, 7) is -0.182. The van der Waals surface area contributed by atoms with E-state index in [2.05, 4.69) is 10.3 Å². The molecule has 0 atom stereocenters. The first-order chi connectivity index (χ1) is 13.7. The first-order valence-corrected chi connectivity index (χ1v) is 8.59. The number of rotatable bonds is 4. The van der Waals surface area contributed by atoms with Crippen LogP contribution in [0.1, 0.15) is 21.5 Å². The number of hydrogen-bond donors (Lipinski definition) is 2. The zero-order valence-electron chi connectivity index (χ0n) is 14.6. The van der Waals surface area contributed by atoms with Crippen LogP contribution in [0, 0.1) is 0 Å². The number of carbonyl (C=O) groups excluding carboxylic acids is 1. The van der Waals surface area contributed by atoms with Gasteiger partial charge in [-0.15, -0.1) is 0 Å². The molecule has 0 bridgehead atoms. The van der Waals surface area contributed by atoms with E-state index >= 15 is 0 Å². The van der Waals surface area contributed by atoms with E-state index in [4.69, 9.17) is 11.6 Å². The molecular formula is C19H13ClF3N3O3. The van der Waals surface area contributed by atoms with Gasteiger partial charge in [-0.05, 0) is 29.8 Å². The molecule has 0 fully saturated rings. The van der Waals surface area contributed by atoms with Crippen LogP contribution < -0.4 is 16.6 Å². The Morgan fingerprint density at radius 3 is 2.52 bits per heavy atom. The van der Waals surface area contributed by atoms with Gasteiger partial charge in [0.15, 0.2) is 0 Å². The van der Waals surface area contributed by atoms with E-state index in [9.17, 15) is 27.6 Å². The maximum Gasteiger partial charge on any atom is 0.416 e. The van der Waals surface area contributed by atoms with Crippen molar-refractivity contribution in [1.29, 1.82) is 0 Å². The molecule has 0 saturated carbocycles. The van der Waals surface area contributed by atoms with Gasteiger partial charge in [0, 0.05) is 16.9 Å². The van der Waals surface area contributed by atoms with E-state index in [1.807, 2.05) is 0 Å². The average Bonchev–Trinajstić information content (AvgIpc) is 2.66. The lowest BCUT2D eigenvalue weighted by atomic mass is 10.2. The highest BCUT2D eigenvalue weighted by atomic mass is 35.5. The Hall–Kier alpha value is -3.33. The number of amides is 1. The Morgan fingerprint density at radius 2 is 1.83 bits per heavy atom. The number of alkyl halides is 3. The normalized spacial score (nSPS) is 11.3. The fourth-order valence-electron chi connectivity index (χ4n) is 2.59. The van der Waals surface area contributed by atoms with Crippen LogP contribution >= 0.6 is 11.6 Å². The van der Waals surface area contributed by atoms with Gasteiger partial charge in [0.2, 0.25) is 0 Å². The van der Waals surface area contributed by atoms with Crippen molar-refractivity contribution in [3.05, 3.63) is 97.3 Å². The van der Waals surface area contributed by atoms with Crippen LogP contribution in [-0.4, -0.2) is 15.5 Å². The van der Waals surface area contributed by atoms with Gasteiger partial charge < -0.3 is 10.3 Å². The molecular weight excluding hydrogens is 411 g/mol. The van der Waals surface area contributed by atoms with Crippen molar-refractivity contribution in [2.45, 2.75) is 12.7 Å². The molecule has 0 aliphatic heterocycles. The van der Waals surface area contributed by atoms with Crippen molar-refractivity contribution in [3.63, 3.8) is 0 Å². The molecule has 0 aliphatic rings. The molecule has 1 aromatic heterocycles. The number of halogens is 4. The second-order valence-corrected chi connectivity index (χ2v) is 6.43. The molecule has 10 heteroatoms. The van der Waals surface area contributed by atoms with Gasteiger partial charge in [-0.1, -0.05) is 35.9 Å². The summed E-state index contributed by atoms with van der Waals surface area (Å²) in [5.41, 5.74) is -2.71. The highest BCUT2D eigenvalue weighted by molar-refractivity contribution is 6.31. The first kappa shape index (κ1) is 20.4. The van der Waals surface area contributed by atoms with Gasteiger partial charge >= 0.3 is 11.9 Å². The molecule has 0 spiro atoms. The largest absolute Gasteiger partial charge is 0.416 e. The van der Waals surface area contributed by atoms with Crippen molar-refractivity contribution in [2.24, 2.45) is 0 Å². The Morgan fingerprint density at radius 1 is 1.10 bits per heavy atom. The lowest BCUT2D eigenvalue weighted by Gasteiger charge is -2.11. The summed E-state index contributed by atoms with van der Waals surface area (Å²) in [6.07, 6.45) is -3.67. The summed E-state index contributed by atoms with van der Waals surface area (Å²) in [7, 11) is 0. The van der Waals surface area contributed by atoms with Crippen molar-refractivity contribution < 1.29 is 18.0 Å². The molecule has 6 nitrogen and oxygen atoms in total. The highest BCUT2D eigenvalue weighted by Gasteiger charge is 2.30. The van der Waals surface area contributed by atoms with Crippen LogP contribution in [0.3, 0.4) is 0 Å². The maximum atomic E-state index is 12.8. The Balaban J connectivity index is 1.92. The second kappa shape index (κ2) is 7.96. The number of anilines is 1. The lowest BCUT2D eigenvalue weighted by Crippen LogP contribution is -2.39. The molecule has 150 valence electrons. The van der Waals surface area contributed by atoms with Gasteiger partial charge in [-0.25, -0.2) is 4.79 Å². The third kappa shape index (κ3) is 4.57. The molecule has 1 heterocycles. The zero-order valence-corrected chi connectivity index (χ0v) is 15.3. The number of H-pyrrole nitrogens is 1. The van der Waals surface area contributed by atoms with Crippen molar-refractivity contribution >= 4 is 23.2 Å². The summed E-state index contributed by atoms with van der Waals surface area (Å²) in [4.78, 5) is 39.4. The minimum absolute atomic E-state index is 0.145. The third-order valence-corrected chi connectivity index (χ3v) is 4.41. The quantitative estimate of drug-likeness (QED) is 0.673. The van der Waals surface area contributed by atoms with Crippen LogP contribution in [0.25, 0.3) is 0 Å². The summed E-state index contributed by atoms with van der Waals surface area (Å²) in [5, 5.41) is 2.56. The molecule has 2 N–H and O–H groups in total. The van der Waals surface area contributed by atoms with Crippen LogP contribution in [0.2, 0.25) is 5.02 Å². The Labute approximate surface area is 166 Å². The predicted octanol–water partition coefficient (Wildman–Crippen LogP) is 3.51. The van der Waals surface area contributed by atoms with E-state index in [0.717, 1.165) is 29.0 Å². The van der Waals surface area contributed by atoms with Crippen LogP contribution in [-0.2, 0) is 12.7 Å². The van der Waals surface area contributed by atoms with Gasteiger partial charge in [0.1, 0.15) is 5.56 Å². The van der Waals surface area contributed by atoms with E-state index in [-0.39, 0.29) is 12.2 Å². The van der Waals surface area contributed by atoms with E-state index < -0.39 is 34.5 Å². The van der Waals surface area contributed by atoms with Crippen molar-refractivity contribution in [3.8, 4) is 0 Å². The van der Waals surface area contributed by atoms with Crippen LogP contribution in [0.4, 0.5) is 18.9 Å². The van der Waals surface area contributed by atoms with E-state index in [1.54, 1.807) is 24.3 Å². The smallest absolute Gasteiger partial charge is 0.322 e. The summed E-state index contributed by atoms with van der Waals surface area (Å²) in [5.74, 6) is -0.960. The monoisotopic (exact) mass is 423 g/mol. The number of nitrogens with zero attached hydrogens (tertiary/aromatic N) is 1. The molecule has 29 heavy (non-hydrogen) atoms. The molecule has 0 aliphatic carbocycles. The van der Waals surface area contributed by atoms with Gasteiger partial charge in [0.25, 0.3) is 11.5 Å². The number of aromatic amines is 1. The number of carbonyl (C=O) groups is 1. The topological polar surface area (TPSA) is 84.0 Å². The van der Waals surface area contributed by atoms with Crippen LogP contribution in [0.5, 0.6) is 0 Å². The van der Waals surface area contributed by atoms with Gasteiger partial charge in [-0.2, -0.15) is 13.2 Å². The highest BCUT2D eigenvalue weighted by Crippen LogP contribution is 2.30. The van der Waals surface area contributed by atoms with Gasteiger partial charge in [0.05, 0.1) is 12.1 Å². The van der Waals surface area contributed by atoms with E-state index in [1.165, 1.54) is 6.07 Å². The molecule has 3 aromatic rings. The molecule has 2 aromatic carbocycles. The van der Waals surface area contributed by atoms with E-state index in [0.29, 0.717) is 10.6 Å². The number of benzene rings is 2. The van der Waals surface area contributed by atoms with Crippen LogP contribution in [0.15, 0.2) is 64.3 Å². The Kier molecular flexibility index (Phi) is 5.60. The minimum atomic E-state index is -4.58. The third-order valence-electron chi connectivity index (χ3n) is 4.04. The first-order valence-electron chi connectivity index (χ1n) is 8.21. The molecule has 0 unspecified atom stereocenters. The van der Waals surface area contributed by atoms with Crippen molar-refractivity contribution in [2.75, 3.05) is 5.32 Å². The number of hydrogen-bond acceptors (Lipinski definition) is 3. The van der Waals surface area contributed by atoms with Gasteiger partial charge in [-0.3, -0.25) is 14.2 Å². The molecule has 0 radical (unpaired) electrons. The fraction of sp³-hybridized carbons (Fsp3) is 0.105. The average molecular weight is 424 g/mol. The number of aromatic nitrogens is 2. The predicted molar refractivity (Wildman–Crippen MR) is 101 cm³/mol. The SMILES string of the molecule is O=C(Nc1cccc(C(F)(F)F)c1)c1c[nH]c(=O)n(Cc2ccccc2Cl)c1=O. The molecule has 0 saturated heterocycles. The number of nitrogens with one attached hydrogen (secondary N) is 2. The Bertz CT molecular complexity index is 1190. The summed E-state index contributed by atoms with van der Waals surface area (Å²) >= 11 is 6.04. The standard InChI is InChI=1S/C19H13ClF3N3O3/c20-15-7-2-1-4-11(15)10-26-17(28)14(9-24-18(26)29)16(27)25-13-6-3-5-12(8-13)19(21,22)23/h1-9H,10H2,(H,24,29)(H,25,27). The van der Waals surface area contributed by atoms with Crippen molar-refractivity contribution in [1.82, 2.24) is 9.55 Å². The lowest BCUT2D eigenvalue weighted by molar-refractivity contribution is -0.137. The minimum Gasteiger partial charge on any atom is -0.322 e. The second-order valence-electron chi connectivity index (χ2n) is 6.02. The molecule has 1 amide bonds. The fourth-order valence-corrected chi connectivity index (χ4v) is 2.78. The summed E-state index contributed by atoms with van der Waals surface area (Å²) in [6, 6.07) is 10.5. The zero-order chi connectivity index (χ0) is 21.2. The summed E-state index contributed by atoms with van der Waals surface area (Å²) < 4.78 is 39.2. The maximum absolute atomic E-state index is 12.8. The molecule has 3 rings (SSSR count).